The van der Waals surface area contributed by atoms with Gasteiger partial charge in [0.25, 0.3) is 0 Å². The molecule has 0 saturated carbocycles. The van der Waals surface area contributed by atoms with E-state index in [1.165, 1.54) is 13.8 Å². The van der Waals surface area contributed by atoms with Crippen molar-refractivity contribution in [2.24, 2.45) is 10.8 Å². The van der Waals surface area contributed by atoms with Crippen LogP contribution in [0.1, 0.15) is 68.2 Å². The van der Waals surface area contributed by atoms with E-state index in [0.29, 0.717) is 0 Å². The van der Waals surface area contributed by atoms with Crippen molar-refractivity contribution in [3.05, 3.63) is 0 Å². The molecule has 2 unspecified atom stereocenters. The minimum atomic E-state index is -1.06. The zero-order valence-electron chi connectivity index (χ0n) is 16.8. The van der Waals surface area contributed by atoms with Crippen molar-refractivity contribution in [3.8, 4) is 0 Å². The van der Waals surface area contributed by atoms with Crippen LogP contribution in [0.4, 0.5) is 0 Å². The molecule has 0 aliphatic heterocycles. The van der Waals surface area contributed by atoms with Gasteiger partial charge in [-0.1, -0.05) is 0 Å². The van der Waals surface area contributed by atoms with E-state index in [-0.39, 0.29) is 12.8 Å². The van der Waals surface area contributed by atoms with Gasteiger partial charge in [-0.25, -0.2) is 0 Å². The average Bonchev–Trinajstić information content (AvgIpc) is 2.42. The highest BCUT2D eigenvalue weighted by molar-refractivity contribution is 5.79. The number of carbonyl (C=O) groups is 4. The number of hydrogen-bond donors (Lipinski definition) is 0. The first kappa shape index (κ1) is 23.9. The molecule has 8 heteroatoms. The standard InChI is InChI=1S/C18H30O8/c1-11(25-15(21)17(3,4)5)23-13(19)9-10-14(20)24-12(2)26-16(22)18(6,7)8/h11-12H,9-10H2,1-8H3. The first-order valence-electron chi connectivity index (χ1n) is 8.44. The van der Waals surface area contributed by atoms with Crippen molar-refractivity contribution in [2.45, 2.75) is 80.8 Å². The molecule has 0 fully saturated rings. The number of ether oxygens (including phenoxy) is 4. The van der Waals surface area contributed by atoms with Gasteiger partial charge in [-0.2, -0.15) is 0 Å². The summed E-state index contributed by atoms with van der Waals surface area (Å²) in [4.78, 5) is 46.7. The molecule has 0 radical (unpaired) electrons. The Morgan fingerprint density at radius 1 is 0.615 bits per heavy atom. The van der Waals surface area contributed by atoms with Crippen LogP contribution in [-0.4, -0.2) is 36.5 Å². The zero-order chi connectivity index (χ0) is 20.7. The molecule has 0 aromatic carbocycles. The molecule has 8 nitrogen and oxygen atoms in total. The van der Waals surface area contributed by atoms with Crippen molar-refractivity contribution in [2.75, 3.05) is 0 Å². The molecular weight excluding hydrogens is 344 g/mol. The van der Waals surface area contributed by atoms with E-state index in [9.17, 15) is 19.2 Å². The van der Waals surface area contributed by atoms with E-state index in [1.54, 1.807) is 41.5 Å². The first-order valence-corrected chi connectivity index (χ1v) is 8.44. The molecule has 0 aliphatic carbocycles. The first-order chi connectivity index (χ1) is 11.6. The fourth-order valence-electron chi connectivity index (χ4n) is 1.40. The maximum absolute atomic E-state index is 11.7. The van der Waals surface area contributed by atoms with Gasteiger partial charge >= 0.3 is 23.9 Å². The lowest BCUT2D eigenvalue weighted by molar-refractivity contribution is -0.195. The van der Waals surface area contributed by atoms with Gasteiger partial charge < -0.3 is 18.9 Å². The molecule has 0 bridgehead atoms. The Bertz CT molecular complexity index is 476. The molecule has 0 saturated heterocycles. The molecular formula is C18H30O8. The van der Waals surface area contributed by atoms with Crippen LogP contribution in [0.3, 0.4) is 0 Å². The van der Waals surface area contributed by atoms with Crippen molar-refractivity contribution in [3.63, 3.8) is 0 Å². The number of rotatable bonds is 7. The summed E-state index contributed by atoms with van der Waals surface area (Å²) in [5, 5.41) is 0. The van der Waals surface area contributed by atoms with Gasteiger partial charge in [0.1, 0.15) is 0 Å². The number of carbonyl (C=O) groups excluding carboxylic acids is 4. The molecule has 150 valence electrons. The van der Waals surface area contributed by atoms with Crippen molar-refractivity contribution in [1.82, 2.24) is 0 Å². The Hall–Kier alpha value is -2.12. The molecule has 0 N–H and O–H groups in total. The largest absolute Gasteiger partial charge is 0.425 e. The highest BCUT2D eigenvalue weighted by Gasteiger charge is 2.27. The van der Waals surface area contributed by atoms with E-state index < -0.39 is 47.3 Å². The second kappa shape index (κ2) is 9.54. The molecule has 0 heterocycles. The van der Waals surface area contributed by atoms with Crippen LogP contribution >= 0.6 is 0 Å². The highest BCUT2D eigenvalue weighted by atomic mass is 16.7. The van der Waals surface area contributed by atoms with E-state index in [2.05, 4.69) is 0 Å². The van der Waals surface area contributed by atoms with E-state index in [4.69, 9.17) is 18.9 Å². The molecule has 2 atom stereocenters. The lowest BCUT2D eigenvalue weighted by Crippen LogP contribution is -2.30. The Balaban J connectivity index is 4.21. The van der Waals surface area contributed by atoms with Crippen LogP contribution in [-0.2, 0) is 38.1 Å². The van der Waals surface area contributed by atoms with Crippen LogP contribution in [0, 0.1) is 10.8 Å². The van der Waals surface area contributed by atoms with Crippen LogP contribution in [0.5, 0.6) is 0 Å². The lowest BCUT2D eigenvalue weighted by atomic mass is 9.97. The quantitative estimate of drug-likeness (QED) is 0.495. The molecule has 0 rings (SSSR count). The van der Waals surface area contributed by atoms with Gasteiger partial charge in [0.15, 0.2) is 0 Å². The SMILES string of the molecule is CC(OC(=O)CCC(=O)OC(C)OC(=O)C(C)(C)C)OC(=O)C(C)(C)C. The van der Waals surface area contributed by atoms with E-state index in [1.807, 2.05) is 0 Å². The molecule has 26 heavy (non-hydrogen) atoms. The fraction of sp³-hybridized carbons (Fsp3) is 0.778. The third kappa shape index (κ3) is 10.0. The van der Waals surface area contributed by atoms with Crippen molar-refractivity contribution < 1.29 is 38.1 Å². The number of hydrogen-bond acceptors (Lipinski definition) is 8. The predicted octanol–water partition coefficient (Wildman–Crippen LogP) is 2.72. The number of esters is 4. The van der Waals surface area contributed by atoms with Crippen LogP contribution in [0.25, 0.3) is 0 Å². The fourth-order valence-corrected chi connectivity index (χ4v) is 1.40. The molecule has 0 aliphatic rings. The normalized spacial score (nSPS) is 14.0. The zero-order valence-corrected chi connectivity index (χ0v) is 16.8. The van der Waals surface area contributed by atoms with Gasteiger partial charge in [-0.3, -0.25) is 19.2 Å². The molecule has 0 aromatic heterocycles. The van der Waals surface area contributed by atoms with Gasteiger partial charge in [0, 0.05) is 13.8 Å². The van der Waals surface area contributed by atoms with Crippen molar-refractivity contribution >= 4 is 23.9 Å². The Morgan fingerprint density at radius 3 is 1.12 bits per heavy atom. The summed E-state index contributed by atoms with van der Waals surface area (Å²) in [7, 11) is 0. The third-order valence-corrected chi connectivity index (χ3v) is 2.90. The summed E-state index contributed by atoms with van der Waals surface area (Å²) in [6, 6.07) is 0. The van der Waals surface area contributed by atoms with Gasteiger partial charge in [0.2, 0.25) is 12.6 Å². The van der Waals surface area contributed by atoms with Gasteiger partial charge in [-0.15, -0.1) is 0 Å². The van der Waals surface area contributed by atoms with E-state index >= 15 is 0 Å². The second-order valence-electron chi connectivity index (χ2n) is 7.93. The van der Waals surface area contributed by atoms with Gasteiger partial charge in [-0.05, 0) is 41.5 Å². The second-order valence-corrected chi connectivity index (χ2v) is 7.93. The monoisotopic (exact) mass is 374 g/mol. The smallest absolute Gasteiger partial charge is 0.314 e. The highest BCUT2D eigenvalue weighted by Crippen LogP contribution is 2.18. The minimum absolute atomic E-state index is 0.254. The summed E-state index contributed by atoms with van der Waals surface area (Å²) in [5.41, 5.74) is -1.43. The van der Waals surface area contributed by atoms with Crippen LogP contribution in [0.15, 0.2) is 0 Å². The Labute approximate surface area is 154 Å². The summed E-state index contributed by atoms with van der Waals surface area (Å²) < 4.78 is 19.8. The molecule has 0 spiro atoms. The third-order valence-electron chi connectivity index (χ3n) is 2.90. The van der Waals surface area contributed by atoms with Crippen LogP contribution < -0.4 is 0 Å². The van der Waals surface area contributed by atoms with Crippen LogP contribution in [0.2, 0.25) is 0 Å². The average molecular weight is 374 g/mol. The van der Waals surface area contributed by atoms with E-state index in [0.717, 1.165) is 0 Å². The van der Waals surface area contributed by atoms with Crippen molar-refractivity contribution in [1.29, 1.82) is 0 Å². The Kier molecular flexibility index (Phi) is 8.76. The summed E-state index contributed by atoms with van der Waals surface area (Å²) in [6.07, 6.45) is -2.62. The Morgan fingerprint density at radius 2 is 0.885 bits per heavy atom. The maximum atomic E-state index is 11.7. The molecule has 0 aromatic rings. The lowest BCUT2D eigenvalue weighted by Gasteiger charge is -2.21. The predicted molar refractivity (Wildman–Crippen MR) is 91.4 cm³/mol. The van der Waals surface area contributed by atoms with Gasteiger partial charge in [0.05, 0.1) is 23.7 Å². The molecule has 0 amide bonds. The maximum Gasteiger partial charge on any atom is 0.314 e. The minimum Gasteiger partial charge on any atom is -0.425 e. The summed E-state index contributed by atoms with van der Waals surface area (Å²) in [6.45, 7) is 12.9. The summed E-state index contributed by atoms with van der Waals surface area (Å²) >= 11 is 0. The summed E-state index contributed by atoms with van der Waals surface area (Å²) in [5.74, 6) is -2.44. The topological polar surface area (TPSA) is 105 Å².